The minimum atomic E-state index is 0.579. The number of aromatic nitrogens is 1. The predicted molar refractivity (Wildman–Crippen MR) is 88.5 cm³/mol. The lowest BCUT2D eigenvalue weighted by Crippen LogP contribution is -2.37. The van der Waals surface area contributed by atoms with E-state index in [1.807, 2.05) is 36.4 Å². The first-order chi connectivity index (χ1) is 10.3. The van der Waals surface area contributed by atoms with Gasteiger partial charge in [0.1, 0.15) is 5.69 Å². The summed E-state index contributed by atoms with van der Waals surface area (Å²) in [6.07, 6.45) is 2.08. The van der Waals surface area contributed by atoms with Crippen molar-refractivity contribution in [2.45, 2.75) is 6.54 Å². The van der Waals surface area contributed by atoms with Gasteiger partial charge in [0.05, 0.1) is 6.54 Å². The van der Waals surface area contributed by atoms with E-state index in [0.717, 1.165) is 35.3 Å². The molecule has 0 aliphatic heterocycles. The summed E-state index contributed by atoms with van der Waals surface area (Å²) < 4.78 is 5.36. The van der Waals surface area contributed by atoms with Crippen molar-refractivity contribution in [2.75, 3.05) is 25.6 Å². The van der Waals surface area contributed by atoms with Crippen molar-refractivity contribution in [1.29, 1.82) is 0 Å². The number of aliphatic imine (C=N–C) groups is 1. The van der Waals surface area contributed by atoms with Crippen molar-refractivity contribution in [3.63, 3.8) is 0 Å². The van der Waals surface area contributed by atoms with Crippen molar-refractivity contribution in [3.05, 3.63) is 42.1 Å². The second-order valence-corrected chi connectivity index (χ2v) is 5.38. The fourth-order valence-corrected chi connectivity index (χ4v) is 2.11. The van der Waals surface area contributed by atoms with Crippen molar-refractivity contribution in [3.8, 4) is 11.3 Å². The van der Waals surface area contributed by atoms with Gasteiger partial charge in [-0.2, -0.15) is 11.8 Å². The monoisotopic (exact) mass is 304 g/mol. The molecule has 2 rings (SSSR count). The number of thioether (sulfide) groups is 1. The highest BCUT2D eigenvalue weighted by atomic mass is 32.2. The standard InChI is InChI=1S/C15H20N4OS/c1-16-15(17-8-9-21-2)18-11-13-10-14(20-19-13)12-6-4-3-5-7-12/h3-7,10H,8-9,11H2,1-2H3,(H2,16,17,18). The topological polar surface area (TPSA) is 62.5 Å². The molecule has 1 heterocycles. The van der Waals surface area contributed by atoms with E-state index in [0.29, 0.717) is 6.54 Å². The molecule has 1 aromatic carbocycles. The van der Waals surface area contributed by atoms with E-state index in [9.17, 15) is 0 Å². The molecule has 0 radical (unpaired) electrons. The van der Waals surface area contributed by atoms with Crippen LogP contribution in [0, 0.1) is 0 Å². The molecule has 1 aromatic heterocycles. The molecule has 0 aliphatic carbocycles. The lowest BCUT2D eigenvalue weighted by atomic mass is 10.2. The second-order valence-electron chi connectivity index (χ2n) is 4.39. The van der Waals surface area contributed by atoms with Gasteiger partial charge >= 0.3 is 0 Å². The third-order valence-electron chi connectivity index (χ3n) is 2.88. The van der Waals surface area contributed by atoms with Crippen LogP contribution in [-0.4, -0.2) is 36.7 Å². The summed E-state index contributed by atoms with van der Waals surface area (Å²) in [5.74, 6) is 2.59. The molecular formula is C15H20N4OS. The zero-order valence-electron chi connectivity index (χ0n) is 12.3. The van der Waals surface area contributed by atoms with Crippen LogP contribution in [0.4, 0.5) is 0 Å². The van der Waals surface area contributed by atoms with Gasteiger partial charge in [-0.05, 0) is 6.26 Å². The molecule has 2 N–H and O–H groups in total. The first kappa shape index (κ1) is 15.4. The van der Waals surface area contributed by atoms with Crippen molar-refractivity contribution in [1.82, 2.24) is 15.8 Å². The van der Waals surface area contributed by atoms with Crippen LogP contribution in [0.15, 0.2) is 45.9 Å². The van der Waals surface area contributed by atoms with Crippen LogP contribution in [-0.2, 0) is 6.54 Å². The van der Waals surface area contributed by atoms with Gasteiger partial charge in [0.25, 0.3) is 0 Å². The Hall–Kier alpha value is -1.95. The maximum atomic E-state index is 5.36. The molecular weight excluding hydrogens is 284 g/mol. The molecule has 0 saturated heterocycles. The zero-order chi connectivity index (χ0) is 14.9. The molecule has 0 atom stereocenters. The number of hydrogen-bond donors (Lipinski definition) is 2. The Balaban J connectivity index is 1.88. The van der Waals surface area contributed by atoms with E-state index >= 15 is 0 Å². The molecule has 5 nitrogen and oxygen atoms in total. The fraction of sp³-hybridized carbons (Fsp3) is 0.333. The third-order valence-corrected chi connectivity index (χ3v) is 3.49. The summed E-state index contributed by atoms with van der Waals surface area (Å²) in [6.45, 7) is 1.46. The van der Waals surface area contributed by atoms with Crippen LogP contribution >= 0.6 is 11.8 Å². The summed E-state index contributed by atoms with van der Waals surface area (Å²) in [5.41, 5.74) is 1.88. The molecule has 0 unspecified atom stereocenters. The Morgan fingerprint density at radius 1 is 1.29 bits per heavy atom. The van der Waals surface area contributed by atoms with Crippen LogP contribution in [0.5, 0.6) is 0 Å². The zero-order valence-corrected chi connectivity index (χ0v) is 13.1. The molecule has 112 valence electrons. The lowest BCUT2D eigenvalue weighted by Gasteiger charge is -2.09. The average Bonchev–Trinajstić information content (AvgIpc) is 3.00. The largest absolute Gasteiger partial charge is 0.356 e. The predicted octanol–water partition coefficient (Wildman–Crippen LogP) is 2.37. The Bertz CT molecular complexity index is 568. The van der Waals surface area contributed by atoms with E-state index < -0.39 is 0 Å². The number of nitrogens with one attached hydrogen (secondary N) is 2. The summed E-state index contributed by atoms with van der Waals surface area (Å²) in [5, 5.41) is 10.5. The van der Waals surface area contributed by atoms with Gasteiger partial charge in [-0.25, -0.2) is 0 Å². The van der Waals surface area contributed by atoms with Gasteiger partial charge < -0.3 is 15.2 Å². The molecule has 0 fully saturated rings. The van der Waals surface area contributed by atoms with Crippen molar-refractivity contribution < 1.29 is 4.52 Å². The van der Waals surface area contributed by atoms with Crippen LogP contribution in [0.3, 0.4) is 0 Å². The minimum Gasteiger partial charge on any atom is -0.356 e. The van der Waals surface area contributed by atoms with Gasteiger partial charge in [0.2, 0.25) is 0 Å². The van der Waals surface area contributed by atoms with E-state index in [-0.39, 0.29) is 0 Å². The van der Waals surface area contributed by atoms with Gasteiger partial charge in [0, 0.05) is 31.0 Å². The Morgan fingerprint density at radius 3 is 2.81 bits per heavy atom. The average molecular weight is 304 g/mol. The number of hydrogen-bond acceptors (Lipinski definition) is 4. The molecule has 0 saturated carbocycles. The highest BCUT2D eigenvalue weighted by molar-refractivity contribution is 7.98. The first-order valence-electron chi connectivity index (χ1n) is 6.78. The Labute approximate surface area is 129 Å². The number of benzene rings is 1. The number of nitrogens with zero attached hydrogens (tertiary/aromatic N) is 2. The van der Waals surface area contributed by atoms with E-state index in [1.54, 1.807) is 18.8 Å². The minimum absolute atomic E-state index is 0.579. The highest BCUT2D eigenvalue weighted by Crippen LogP contribution is 2.19. The first-order valence-corrected chi connectivity index (χ1v) is 8.17. The highest BCUT2D eigenvalue weighted by Gasteiger charge is 2.06. The van der Waals surface area contributed by atoms with Gasteiger partial charge in [-0.3, -0.25) is 4.99 Å². The maximum absolute atomic E-state index is 5.36. The molecule has 0 aliphatic rings. The summed E-state index contributed by atoms with van der Waals surface area (Å²) in [4.78, 5) is 4.17. The van der Waals surface area contributed by atoms with Gasteiger partial charge in [0.15, 0.2) is 11.7 Å². The fourth-order valence-electron chi connectivity index (χ4n) is 1.80. The third kappa shape index (κ3) is 4.82. The summed E-state index contributed by atoms with van der Waals surface area (Å²) >= 11 is 1.80. The Morgan fingerprint density at radius 2 is 2.10 bits per heavy atom. The van der Waals surface area contributed by atoms with Crippen molar-refractivity contribution in [2.24, 2.45) is 4.99 Å². The normalized spacial score (nSPS) is 11.4. The Kier molecular flexibility index (Phi) is 6.15. The van der Waals surface area contributed by atoms with Crippen LogP contribution in [0.1, 0.15) is 5.69 Å². The summed E-state index contributed by atoms with van der Waals surface area (Å²) in [7, 11) is 1.76. The van der Waals surface area contributed by atoms with Crippen molar-refractivity contribution >= 4 is 17.7 Å². The molecule has 0 bridgehead atoms. The van der Waals surface area contributed by atoms with Gasteiger partial charge in [-0.1, -0.05) is 35.5 Å². The second kappa shape index (κ2) is 8.36. The molecule has 21 heavy (non-hydrogen) atoms. The van der Waals surface area contributed by atoms with E-state index in [2.05, 4.69) is 27.0 Å². The van der Waals surface area contributed by atoms with E-state index in [1.165, 1.54) is 0 Å². The molecule has 0 amide bonds. The summed E-state index contributed by atoms with van der Waals surface area (Å²) in [6, 6.07) is 11.9. The van der Waals surface area contributed by atoms with Crippen LogP contribution in [0.2, 0.25) is 0 Å². The van der Waals surface area contributed by atoms with Crippen LogP contribution in [0.25, 0.3) is 11.3 Å². The smallest absolute Gasteiger partial charge is 0.191 e. The van der Waals surface area contributed by atoms with Crippen LogP contribution < -0.4 is 10.6 Å². The maximum Gasteiger partial charge on any atom is 0.191 e. The quantitative estimate of drug-likeness (QED) is 0.487. The molecule has 6 heteroatoms. The number of rotatable bonds is 6. The SMILES string of the molecule is CN=C(NCCSC)NCc1cc(-c2ccccc2)on1. The lowest BCUT2D eigenvalue weighted by molar-refractivity contribution is 0.422. The van der Waals surface area contributed by atoms with Gasteiger partial charge in [-0.15, -0.1) is 0 Å². The van der Waals surface area contributed by atoms with E-state index in [4.69, 9.17) is 4.52 Å². The number of guanidine groups is 1. The molecule has 0 spiro atoms. The molecule has 2 aromatic rings.